The minimum Gasteiger partial charge on any atom is -0.378 e. The van der Waals surface area contributed by atoms with E-state index in [1.165, 1.54) is 11.3 Å². The predicted molar refractivity (Wildman–Crippen MR) is 94.0 cm³/mol. The summed E-state index contributed by atoms with van der Waals surface area (Å²) >= 11 is 1.54. The largest absolute Gasteiger partial charge is 0.378 e. The van der Waals surface area contributed by atoms with E-state index in [1.54, 1.807) is 4.52 Å². The molecule has 0 aliphatic rings. The van der Waals surface area contributed by atoms with Gasteiger partial charge in [-0.05, 0) is 12.1 Å². The monoisotopic (exact) mass is 325 g/mol. The molecule has 3 rings (SSSR count). The summed E-state index contributed by atoms with van der Waals surface area (Å²) in [5.41, 5.74) is 3.18. The highest BCUT2D eigenvalue weighted by atomic mass is 32.1. The van der Waals surface area contributed by atoms with Gasteiger partial charge in [0.25, 0.3) is 0 Å². The van der Waals surface area contributed by atoms with E-state index in [-0.39, 0.29) is 5.41 Å². The molecule has 2 aromatic heterocycles. The van der Waals surface area contributed by atoms with Crippen LogP contribution < -0.4 is 4.90 Å². The van der Waals surface area contributed by atoms with E-state index in [0.717, 1.165) is 21.2 Å². The Morgan fingerprint density at radius 2 is 1.83 bits per heavy atom. The van der Waals surface area contributed by atoms with Crippen molar-refractivity contribution in [3.63, 3.8) is 0 Å². The van der Waals surface area contributed by atoms with Gasteiger partial charge in [-0.3, -0.25) is 0 Å². The molecule has 0 amide bonds. The number of hydrogen-bond donors (Lipinski definition) is 0. The lowest BCUT2D eigenvalue weighted by Gasteiger charge is -2.13. The number of nitriles is 1. The third kappa shape index (κ3) is 2.68. The van der Waals surface area contributed by atoms with Crippen LogP contribution in [-0.4, -0.2) is 28.7 Å². The van der Waals surface area contributed by atoms with E-state index in [1.807, 2.05) is 43.3 Å². The summed E-state index contributed by atoms with van der Waals surface area (Å²) in [6, 6.07) is 10.3. The molecule has 0 bridgehead atoms. The van der Waals surface area contributed by atoms with Gasteiger partial charge in [-0.15, -0.1) is 0 Å². The number of anilines is 1. The second kappa shape index (κ2) is 5.36. The zero-order valence-corrected chi connectivity index (χ0v) is 14.8. The van der Waals surface area contributed by atoms with Crippen LogP contribution >= 0.6 is 11.3 Å². The van der Waals surface area contributed by atoms with Gasteiger partial charge in [0.2, 0.25) is 4.96 Å². The fraction of sp³-hybridized carbons (Fsp3) is 0.353. The van der Waals surface area contributed by atoms with Gasteiger partial charge in [0.15, 0.2) is 5.69 Å². The molecule has 2 heterocycles. The zero-order chi connectivity index (χ0) is 16.8. The van der Waals surface area contributed by atoms with Crippen molar-refractivity contribution < 1.29 is 0 Å². The summed E-state index contributed by atoms with van der Waals surface area (Å²) in [6.45, 7) is 6.33. The molecular weight excluding hydrogens is 306 g/mol. The average molecular weight is 325 g/mol. The Kier molecular flexibility index (Phi) is 3.61. The minimum absolute atomic E-state index is 0.0500. The molecule has 6 heteroatoms. The lowest BCUT2D eigenvalue weighted by molar-refractivity contribution is 0.573. The van der Waals surface area contributed by atoms with Gasteiger partial charge in [0.1, 0.15) is 16.8 Å². The van der Waals surface area contributed by atoms with E-state index < -0.39 is 0 Å². The number of hydrogen-bond acceptors (Lipinski definition) is 5. The van der Waals surface area contributed by atoms with Crippen LogP contribution in [0, 0.1) is 11.3 Å². The van der Waals surface area contributed by atoms with Crippen molar-refractivity contribution in [2.75, 3.05) is 19.0 Å². The van der Waals surface area contributed by atoms with Crippen LogP contribution in [0.15, 0.2) is 24.3 Å². The van der Waals surface area contributed by atoms with E-state index in [0.29, 0.717) is 11.4 Å². The second-order valence-electron chi connectivity index (χ2n) is 6.71. The summed E-state index contributed by atoms with van der Waals surface area (Å²) in [4.78, 5) is 7.45. The normalized spacial score (nSPS) is 11.7. The number of benzene rings is 1. The van der Waals surface area contributed by atoms with Crippen molar-refractivity contribution >= 4 is 22.0 Å². The molecule has 0 saturated heterocycles. The van der Waals surface area contributed by atoms with Crippen molar-refractivity contribution in [1.82, 2.24) is 14.6 Å². The highest BCUT2D eigenvalue weighted by Gasteiger charge is 2.23. The van der Waals surface area contributed by atoms with Gasteiger partial charge >= 0.3 is 0 Å². The maximum absolute atomic E-state index is 9.57. The fourth-order valence-corrected chi connectivity index (χ4v) is 3.23. The predicted octanol–water partition coefficient (Wildman–Crippen LogP) is 3.69. The molecule has 0 aliphatic carbocycles. The van der Waals surface area contributed by atoms with E-state index in [4.69, 9.17) is 0 Å². The molecule has 0 saturated carbocycles. The summed E-state index contributed by atoms with van der Waals surface area (Å²) < 4.78 is 1.67. The second-order valence-corrected chi connectivity index (χ2v) is 7.67. The molecule has 5 nitrogen and oxygen atoms in total. The van der Waals surface area contributed by atoms with E-state index in [2.05, 4.69) is 36.9 Å². The quantitative estimate of drug-likeness (QED) is 0.721. The van der Waals surface area contributed by atoms with Crippen molar-refractivity contribution in [3.05, 3.63) is 35.0 Å². The van der Waals surface area contributed by atoms with Crippen LogP contribution in [0.4, 0.5) is 5.69 Å². The molecule has 1 aromatic carbocycles. The number of aromatic nitrogens is 3. The Hall–Kier alpha value is -2.39. The van der Waals surface area contributed by atoms with Gasteiger partial charge in [-0.1, -0.05) is 44.2 Å². The first-order valence-electron chi connectivity index (χ1n) is 7.39. The van der Waals surface area contributed by atoms with E-state index in [9.17, 15) is 5.26 Å². The van der Waals surface area contributed by atoms with Crippen molar-refractivity contribution in [2.45, 2.75) is 26.2 Å². The Labute approximate surface area is 139 Å². The topological polar surface area (TPSA) is 57.2 Å². The van der Waals surface area contributed by atoms with Crippen LogP contribution in [0.3, 0.4) is 0 Å². The van der Waals surface area contributed by atoms with Crippen LogP contribution in [0.5, 0.6) is 0 Å². The molecule has 0 aliphatic heterocycles. The maximum atomic E-state index is 9.57. The van der Waals surface area contributed by atoms with Crippen LogP contribution in [0.2, 0.25) is 0 Å². The third-order valence-corrected chi connectivity index (χ3v) is 4.94. The van der Waals surface area contributed by atoms with E-state index >= 15 is 0 Å². The lowest BCUT2D eigenvalue weighted by Crippen LogP contribution is -2.11. The minimum atomic E-state index is -0.0500. The first kappa shape index (κ1) is 15.5. The Morgan fingerprint density at radius 1 is 1.17 bits per heavy atom. The molecule has 0 unspecified atom stereocenters. The number of fused-ring (bicyclic) bond motifs is 1. The highest BCUT2D eigenvalue weighted by molar-refractivity contribution is 7.16. The van der Waals surface area contributed by atoms with Crippen molar-refractivity contribution in [2.24, 2.45) is 0 Å². The molecule has 23 heavy (non-hydrogen) atoms. The maximum Gasteiger partial charge on any atom is 0.214 e. The molecular formula is C17H19N5S. The number of nitrogens with zero attached hydrogens (tertiary/aromatic N) is 5. The number of rotatable bonds is 2. The number of imidazole rings is 1. The first-order valence-corrected chi connectivity index (χ1v) is 8.21. The summed E-state index contributed by atoms with van der Waals surface area (Å²) in [5.74, 6) is 0. The van der Waals surface area contributed by atoms with Gasteiger partial charge < -0.3 is 4.90 Å². The average Bonchev–Trinajstić information content (AvgIpc) is 3.04. The molecule has 0 atom stereocenters. The summed E-state index contributed by atoms with van der Waals surface area (Å²) in [7, 11) is 4.00. The molecule has 0 radical (unpaired) electrons. The molecule has 3 aromatic rings. The van der Waals surface area contributed by atoms with Crippen LogP contribution in [0.25, 0.3) is 16.2 Å². The zero-order valence-electron chi connectivity index (χ0n) is 14.0. The molecule has 0 N–H and O–H groups in total. The SMILES string of the molecule is CN(C)c1ccc(-c2nc3sc(C(C)(C)C)nn3c2C#N)cc1. The molecule has 0 spiro atoms. The highest BCUT2D eigenvalue weighted by Crippen LogP contribution is 2.31. The lowest BCUT2D eigenvalue weighted by atomic mass is 9.98. The van der Waals surface area contributed by atoms with Gasteiger partial charge in [0.05, 0.1) is 0 Å². The van der Waals surface area contributed by atoms with Gasteiger partial charge in [0, 0.05) is 30.8 Å². The fourth-order valence-electron chi connectivity index (χ4n) is 2.27. The van der Waals surface area contributed by atoms with Crippen molar-refractivity contribution in [1.29, 1.82) is 5.26 Å². The van der Waals surface area contributed by atoms with Crippen LogP contribution in [-0.2, 0) is 5.41 Å². The molecule has 0 fully saturated rings. The molecule has 118 valence electrons. The Bertz CT molecular complexity index is 888. The standard InChI is InChI=1S/C17H19N5S/c1-17(2,3)15-20-22-13(10-18)14(19-16(22)23-15)11-6-8-12(9-7-11)21(4)5/h6-9H,1-5H3. The van der Waals surface area contributed by atoms with Gasteiger partial charge in [-0.2, -0.15) is 14.9 Å². The Morgan fingerprint density at radius 3 is 2.35 bits per heavy atom. The van der Waals surface area contributed by atoms with Crippen molar-refractivity contribution in [3.8, 4) is 17.3 Å². The summed E-state index contributed by atoms with van der Waals surface area (Å²) in [6.07, 6.45) is 0. The Balaban J connectivity index is 2.11. The van der Waals surface area contributed by atoms with Gasteiger partial charge in [-0.25, -0.2) is 4.98 Å². The van der Waals surface area contributed by atoms with Crippen LogP contribution in [0.1, 0.15) is 31.5 Å². The third-order valence-electron chi connectivity index (χ3n) is 3.61. The smallest absolute Gasteiger partial charge is 0.214 e. The first-order chi connectivity index (χ1) is 10.8. The summed E-state index contributed by atoms with van der Waals surface area (Å²) in [5, 5.41) is 15.1.